The molecule has 0 heterocycles. The average molecular weight is 341 g/mol. The van der Waals surface area contributed by atoms with E-state index in [1.54, 1.807) is 0 Å². The highest BCUT2D eigenvalue weighted by molar-refractivity contribution is 4.51. The molecular formula is C22H48N2. The molecule has 0 rings (SSSR count). The number of nitrogens with one attached hydrogen (secondary N) is 1. The molecular weight excluding hydrogens is 292 g/mol. The molecule has 2 heteroatoms. The Kier molecular flexibility index (Phi) is 20.9. The van der Waals surface area contributed by atoms with Crippen LogP contribution >= 0.6 is 0 Å². The summed E-state index contributed by atoms with van der Waals surface area (Å²) in [5.41, 5.74) is 3.50. The number of hydrogen-bond donors (Lipinski definition) is 1. The van der Waals surface area contributed by atoms with Gasteiger partial charge in [-0.3, -0.25) is 5.43 Å². The van der Waals surface area contributed by atoms with E-state index in [9.17, 15) is 0 Å². The zero-order valence-electron chi connectivity index (χ0n) is 17.4. The number of hydrazine groups is 1. The first kappa shape index (κ1) is 23.9. The first-order chi connectivity index (χ1) is 11.8. The SMILES string of the molecule is CCCCCCCCCCCCCCCCCCNN(CC)CC. The Hall–Kier alpha value is -0.0800. The summed E-state index contributed by atoms with van der Waals surface area (Å²) in [5, 5.41) is 2.30. The van der Waals surface area contributed by atoms with Crippen LogP contribution in [0.4, 0.5) is 0 Å². The van der Waals surface area contributed by atoms with E-state index in [1.807, 2.05) is 0 Å². The maximum atomic E-state index is 3.50. The van der Waals surface area contributed by atoms with E-state index in [-0.39, 0.29) is 0 Å². The van der Waals surface area contributed by atoms with Crippen molar-refractivity contribution >= 4 is 0 Å². The molecule has 1 N–H and O–H groups in total. The van der Waals surface area contributed by atoms with E-state index in [2.05, 4.69) is 31.2 Å². The van der Waals surface area contributed by atoms with Crippen LogP contribution in [0, 0.1) is 0 Å². The Labute approximate surface area is 154 Å². The summed E-state index contributed by atoms with van der Waals surface area (Å²) in [4.78, 5) is 0. The van der Waals surface area contributed by atoms with E-state index >= 15 is 0 Å². The smallest absolute Gasteiger partial charge is 0.0102 e. The molecule has 0 aromatic rings. The van der Waals surface area contributed by atoms with Crippen LogP contribution in [-0.2, 0) is 0 Å². The highest BCUT2D eigenvalue weighted by atomic mass is 15.5. The van der Waals surface area contributed by atoms with Crippen molar-refractivity contribution in [2.75, 3.05) is 19.6 Å². The zero-order chi connectivity index (χ0) is 17.7. The van der Waals surface area contributed by atoms with Crippen molar-refractivity contribution in [1.29, 1.82) is 0 Å². The molecule has 0 unspecified atom stereocenters. The topological polar surface area (TPSA) is 15.3 Å². The van der Waals surface area contributed by atoms with Gasteiger partial charge in [-0.05, 0) is 6.42 Å². The van der Waals surface area contributed by atoms with Crippen molar-refractivity contribution in [3.8, 4) is 0 Å². The summed E-state index contributed by atoms with van der Waals surface area (Å²) < 4.78 is 0. The highest BCUT2D eigenvalue weighted by Crippen LogP contribution is 2.13. The Balaban J connectivity index is 3.03. The maximum absolute atomic E-state index is 3.50. The van der Waals surface area contributed by atoms with E-state index in [1.165, 1.54) is 103 Å². The Morgan fingerprint density at radius 1 is 0.458 bits per heavy atom. The zero-order valence-corrected chi connectivity index (χ0v) is 17.4. The molecule has 0 aliphatic heterocycles. The van der Waals surface area contributed by atoms with Gasteiger partial charge >= 0.3 is 0 Å². The lowest BCUT2D eigenvalue weighted by Gasteiger charge is -2.19. The lowest BCUT2D eigenvalue weighted by Crippen LogP contribution is -2.38. The molecule has 0 fully saturated rings. The summed E-state index contributed by atoms with van der Waals surface area (Å²) in [6.45, 7) is 10.1. The summed E-state index contributed by atoms with van der Waals surface area (Å²) >= 11 is 0. The minimum Gasteiger partial charge on any atom is -0.255 e. The average Bonchev–Trinajstić information content (AvgIpc) is 2.61. The van der Waals surface area contributed by atoms with Crippen LogP contribution in [0.15, 0.2) is 0 Å². The van der Waals surface area contributed by atoms with Gasteiger partial charge in [-0.15, -0.1) is 0 Å². The van der Waals surface area contributed by atoms with Crippen LogP contribution in [0.25, 0.3) is 0 Å². The summed E-state index contributed by atoms with van der Waals surface area (Å²) in [7, 11) is 0. The Bertz CT molecular complexity index is 214. The molecule has 0 bridgehead atoms. The van der Waals surface area contributed by atoms with Crippen LogP contribution in [0.3, 0.4) is 0 Å². The van der Waals surface area contributed by atoms with Crippen LogP contribution in [0.2, 0.25) is 0 Å². The second-order valence-corrected chi connectivity index (χ2v) is 7.38. The van der Waals surface area contributed by atoms with Crippen molar-refractivity contribution in [3.63, 3.8) is 0 Å². The third-order valence-corrected chi connectivity index (χ3v) is 5.13. The monoisotopic (exact) mass is 340 g/mol. The molecule has 0 aromatic carbocycles. The minimum atomic E-state index is 1.11. The summed E-state index contributed by atoms with van der Waals surface area (Å²) in [6.07, 6.45) is 23.1. The van der Waals surface area contributed by atoms with Gasteiger partial charge in [0.25, 0.3) is 0 Å². The predicted molar refractivity (Wildman–Crippen MR) is 110 cm³/mol. The molecule has 0 aliphatic carbocycles. The fraction of sp³-hybridized carbons (Fsp3) is 1.00. The molecule has 0 saturated heterocycles. The van der Waals surface area contributed by atoms with Gasteiger partial charge in [0.1, 0.15) is 0 Å². The molecule has 0 aliphatic rings. The van der Waals surface area contributed by atoms with Gasteiger partial charge in [-0.2, -0.15) is 0 Å². The van der Waals surface area contributed by atoms with Gasteiger partial charge in [0.15, 0.2) is 0 Å². The molecule has 2 nitrogen and oxygen atoms in total. The first-order valence-electron chi connectivity index (χ1n) is 11.3. The normalized spacial score (nSPS) is 11.5. The van der Waals surface area contributed by atoms with Crippen LogP contribution in [0.5, 0.6) is 0 Å². The van der Waals surface area contributed by atoms with Crippen LogP contribution < -0.4 is 5.43 Å². The fourth-order valence-electron chi connectivity index (χ4n) is 3.36. The van der Waals surface area contributed by atoms with E-state index in [4.69, 9.17) is 0 Å². The van der Waals surface area contributed by atoms with Crippen molar-refractivity contribution in [3.05, 3.63) is 0 Å². The number of rotatable bonds is 20. The third kappa shape index (κ3) is 18.3. The molecule has 24 heavy (non-hydrogen) atoms. The number of unbranched alkanes of at least 4 members (excludes halogenated alkanes) is 15. The van der Waals surface area contributed by atoms with Crippen LogP contribution in [0.1, 0.15) is 124 Å². The quantitative estimate of drug-likeness (QED) is 0.188. The molecule has 0 aromatic heterocycles. The van der Waals surface area contributed by atoms with E-state index < -0.39 is 0 Å². The Morgan fingerprint density at radius 3 is 1.12 bits per heavy atom. The largest absolute Gasteiger partial charge is 0.255 e. The summed E-state index contributed by atoms with van der Waals surface area (Å²) in [6, 6.07) is 0. The van der Waals surface area contributed by atoms with E-state index in [0.29, 0.717) is 0 Å². The molecule has 0 amide bonds. The van der Waals surface area contributed by atoms with Gasteiger partial charge < -0.3 is 0 Å². The summed E-state index contributed by atoms with van der Waals surface area (Å²) in [5.74, 6) is 0. The maximum Gasteiger partial charge on any atom is 0.0102 e. The molecule has 0 spiro atoms. The molecule has 146 valence electrons. The third-order valence-electron chi connectivity index (χ3n) is 5.13. The second kappa shape index (κ2) is 21.0. The van der Waals surface area contributed by atoms with Crippen LogP contribution in [-0.4, -0.2) is 24.6 Å². The Morgan fingerprint density at radius 2 is 0.792 bits per heavy atom. The molecule has 0 atom stereocenters. The highest BCUT2D eigenvalue weighted by Gasteiger charge is 1.97. The fourth-order valence-corrected chi connectivity index (χ4v) is 3.36. The van der Waals surface area contributed by atoms with E-state index in [0.717, 1.165) is 19.6 Å². The second-order valence-electron chi connectivity index (χ2n) is 7.38. The number of nitrogens with zero attached hydrogens (tertiary/aromatic N) is 1. The van der Waals surface area contributed by atoms with Crippen molar-refractivity contribution in [2.45, 2.75) is 124 Å². The first-order valence-corrected chi connectivity index (χ1v) is 11.3. The van der Waals surface area contributed by atoms with Gasteiger partial charge in [0.05, 0.1) is 0 Å². The van der Waals surface area contributed by atoms with Crippen molar-refractivity contribution < 1.29 is 0 Å². The van der Waals surface area contributed by atoms with Crippen molar-refractivity contribution in [2.24, 2.45) is 0 Å². The van der Waals surface area contributed by atoms with Crippen molar-refractivity contribution in [1.82, 2.24) is 10.4 Å². The minimum absolute atomic E-state index is 1.11. The lowest BCUT2D eigenvalue weighted by atomic mass is 10.0. The molecule has 0 saturated carbocycles. The lowest BCUT2D eigenvalue weighted by molar-refractivity contribution is 0.207. The van der Waals surface area contributed by atoms with Gasteiger partial charge in [-0.25, -0.2) is 5.01 Å². The number of hydrogen-bond acceptors (Lipinski definition) is 2. The van der Waals surface area contributed by atoms with Gasteiger partial charge in [0.2, 0.25) is 0 Å². The molecule has 0 radical (unpaired) electrons. The van der Waals surface area contributed by atoms with Gasteiger partial charge in [-0.1, -0.05) is 117 Å². The predicted octanol–water partition coefficient (Wildman–Crippen LogP) is 7.09. The van der Waals surface area contributed by atoms with Gasteiger partial charge in [0, 0.05) is 19.6 Å². The standard InChI is InChI=1S/C22H48N2/c1-4-7-8-9-10-11-12-13-14-15-16-17-18-19-20-21-22-23-24(5-2)6-3/h23H,4-22H2,1-3H3.